The molecule has 3 N–H and O–H groups in total. The van der Waals surface area contributed by atoms with Gasteiger partial charge in [0.1, 0.15) is 0 Å². The van der Waals surface area contributed by atoms with Crippen LogP contribution in [-0.2, 0) is 11.0 Å². The van der Waals surface area contributed by atoms with Crippen LogP contribution >= 0.6 is 12.4 Å². The summed E-state index contributed by atoms with van der Waals surface area (Å²) in [5.74, 6) is -0.373. The molecule has 0 saturated heterocycles. The predicted molar refractivity (Wildman–Crippen MR) is 80.8 cm³/mol. The van der Waals surface area contributed by atoms with Crippen LogP contribution in [0.5, 0.6) is 0 Å². The molecule has 2 unspecified atom stereocenters. The van der Waals surface area contributed by atoms with Gasteiger partial charge < -0.3 is 11.1 Å². The van der Waals surface area contributed by atoms with E-state index in [1.54, 1.807) is 6.07 Å². The van der Waals surface area contributed by atoms with E-state index in [1.807, 2.05) is 0 Å². The normalized spacial score (nSPS) is 20.2. The molecule has 1 aliphatic rings. The number of hydrogen-bond acceptors (Lipinski definition) is 2. The molecular formula is C15H20ClF3N2O. The van der Waals surface area contributed by atoms with Crippen molar-refractivity contribution >= 4 is 18.3 Å². The van der Waals surface area contributed by atoms with E-state index in [-0.39, 0.29) is 30.2 Å². The summed E-state index contributed by atoms with van der Waals surface area (Å²) in [4.78, 5) is 11.9. The minimum absolute atomic E-state index is 0. The molecular weight excluding hydrogens is 317 g/mol. The number of nitrogens with two attached hydrogens (primary N) is 1. The van der Waals surface area contributed by atoms with Gasteiger partial charge in [-0.25, -0.2) is 0 Å². The van der Waals surface area contributed by atoms with E-state index in [4.69, 9.17) is 5.73 Å². The number of carbonyl (C=O) groups excluding carboxylic acids is 1. The number of benzene rings is 1. The largest absolute Gasteiger partial charge is 0.416 e. The SMILES string of the molecule is Cl.NCCCCNC(=O)C1CC1c1cccc(C(F)(F)F)c1. The average molecular weight is 337 g/mol. The summed E-state index contributed by atoms with van der Waals surface area (Å²) in [6, 6.07) is 5.24. The molecule has 1 amide bonds. The summed E-state index contributed by atoms with van der Waals surface area (Å²) >= 11 is 0. The molecule has 2 rings (SSSR count). The van der Waals surface area contributed by atoms with Crippen molar-refractivity contribution in [1.82, 2.24) is 5.32 Å². The molecule has 0 bridgehead atoms. The molecule has 0 aliphatic heterocycles. The van der Waals surface area contributed by atoms with Gasteiger partial charge in [0.05, 0.1) is 5.56 Å². The number of carbonyl (C=O) groups is 1. The Morgan fingerprint density at radius 2 is 2.05 bits per heavy atom. The molecule has 7 heteroatoms. The smallest absolute Gasteiger partial charge is 0.356 e. The van der Waals surface area contributed by atoms with Crippen LogP contribution in [0.2, 0.25) is 0 Å². The number of unbranched alkanes of at least 4 members (excludes halogenated alkanes) is 1. The first-order valence-electron chi connectivity index (χ1n) is 7.08. The lowest BCUT2D eigenvalue weighted by Crippen LogP contribution is -2.26. The summed E-state index contributed by atoms with van der Waals surface area (Å²) in [7, 11) is 0. The number of hydrogen-bond donors (Lipinski definition) is 2. The van der Waals surface area contributed by atoms with E-state index in [1.165, 1.54) is 6.07 Å². The van der Waals surface area contributed by atoms with Crippen molar-refractivity contribution in [2.24, 2.45) is 11.7 Å². The van der Waals surface area contributed by atoms with Gasteiger partial charge in [-0.05, 0) is 43.4 Å². The van der Waals surface area contributed by atoms with Gasteiger partial charge in [-0.2, -0.15) is 13.2 Å². The zero-order chi connectivity index (χ0) is 15.5. The Hall–Kier alpha value is -1.27. The van der Waals surface area contributed by atoms with E-state index in [9.17, 15) is 18.0 Å². The molecule has 2 atom stereocenters. The van der Waals surface area contributed by atoms with E-state index >= 15 is 0 Å². The van der Waals surface area contributed by atoms with Crippen LogP contribution in [0.1, 0.15) is 36.3 Å². The average Bonchev–Trinajstić information content (AvgIpc) is 3.23. The van der Waals surface area contributed by atoms with Gasteiger partial charge >= 0.3 is 6.18 Å². The quantitative estimate of drug-likeness (QED) is 0.784. The summed E-state index contributed by atoms with van der Waals surface area (Å²) in [5, 5.41) is 2.81. The Kier molecular flexibility index (Phi) is 6.68. The second kappa shape index (κ2) is 7.83. The first-order chi connectivity index (χ1) is 9.93. The fourth-order valence-corrected chi connectivity index (χ4v) is 2.41. The first-order valence-corrected chi connectivity index (χ1v) is 7.08. The van der Waals surface area contributed by atoms with Gasteiger partial charge in [0, 0.05) is 12.5 Å². The highest BCUT2D eigenvalue weighted by Gasteiger charge is 2.44. The van der Waals surface area contributed by atoms with Gasteiger partial charge in [-0.15, -0.1) is 12.4 Å². The lowest BCUT2D eigenvalue weighted by Gasteiger charge is -2.08. The van der Waals surface area contributed by atoms with Crippen molar-refractivity contribution in [3.63, 3.8) is 0 Å². The van der Waals surface area contributed by atoms with Crippen LogP contribution in [0, 0.1) is 5.92 Å². The van der Waals surface area contributed by atoms with Crippen molar-refractivity contribution in [2.75, 3.05) is 13.1 Å². The van der Waals surface area contributed by atoms with E-state index in [0.29, 0.717) is 25.1 Å². The molecule has 22 heavy (non-hydrogen) atoms. The monoisotopic (exact) mass is 336 g/mol. The molecule has 1 aromatic rings. The maximum Gasteiger partial charge on any atom is 0.416 e. The van der Waals surface area contributed by atoms with E-state index in [2.05, 4.69) is 5.32 Å². The lowest BCUT2D eigenvalue weighted by molar-refractivity contribution is -0.137. The third-order valence-corrected chi connectivity index (χ3v) is 3.70. The van der Waals surface area contributed by atoms with Crippen molar-refractivity contribution < 1.29 is 18.0 Å². The van der Waals surface area contributed by atoms with Crippen LogP contribution in [0.4, 0.5) is 13.2 Å². The molecule has 0 heterocycles. The molecule has 0 aromatic heterocycles. The summed E-state index contributed by atoms with van der Waals surface area (Å²) in [6.45, 7) is 1.16. The second-order valence-electron chi connectivity index (χ2n) is 5.36. The fourth-order valence-electron chi connectivity index (χ4n) is 2.41. The van der Waals surface area contributed by atoms with Crippen LogP contribution in [0.25, 0.3) is 0 Å². The van der Waals surface area contributed by atoms with Crippen LogP contribution in [0.3, 0.4) is 0 Å². The zero-order valence-electron chi connectivity index (χ0n) is 12.0. The topological polar surface area (TPSA) is 55.1 Å². The van der Waals surface area contributed by atoms with Crippen LogP contribution < -0.4 is 11.1 Å². The van der Waals surface area contributed by atoms with E-state index in [0.717, 1.165) is 25.0 Å². The predicted octanol–water partition coefficient (Wildman–Crippen LogP) is 3.09. The number of nitrogens with one attached hydrogen (secondary N) is 1. The fraction of sp³-hybridized carbons (Fsp3) is 0.533. The minimum atomic E-state index is -4.34. The van der Waals surface area contributed by atoms with Crippen molar-refractivity contribution in [2.45, 2.75) is 31.4 Å². The van der Waals surface area contributed by atoms with Gasteiger partial charge in [0.2, 0.25) is 5.91 Å². The summed E-state index contributed by atoms with van der Waals surface area (Å²) in [5.41, 5.74) is 5.29. The van der Waals surface area contributed by atoms with Gasteiger partial charge in [-0.1, -0.05) is 18.2 Å². The van der Waals surface area contributed by atoms with Crippen LogP contribution in [0.15, 0.2) is 24.3 Å². The summed E-state index contributed by atoms with van der Waals surface area (Å²) < 4.78 is 38.0. The maximum absolute atomic E-state index is 12.7. The third kappa shape index (κ3) is 4.88. The van der Waals surface area contributed by atoms with Crippen molar-refractivity contribution in [3.05, 3.63) is 35.4 Å². The van der Waals surface area contributed by atoms with Crippen molar-refractivity contribution in [3.8, 4) is 0 Å². The number of halogens is 4. The molecule has 3 nitrogen and oxygen atoms in total. The van der Waals surface area contributed by atoms with Gasteiger partial charge in [0.15, 0.2) is 0 Å². The minimum Gasteiger partial charge on any atom is -0.356 e. The first kappa shape index (κ1) is 18.8. The van der Waals surface area contributed by atoms with E-state index < -0.39 is 11.7 Å². The van der Waals surface area contributed by atoms with Crippen LogP contribution in [-0.4, -0.2) is 19.0 Å². The Morgan fingerprint density at radius 3 is 2.68 bits per heavy atom. The highest BCUT2D eigenvalue weighted by molar-refractivity contribution is 5.85. The zero-order valence-corrected chi connectivity index (χ0v) is 12.8. The Morgan fingerprint density at radius 1 is 1.32 bits per heavy atom. The second-order valence-corrected chi connectivity index (χ2v) is 5.36. The number of amides is 1. The Balaban J connectivity index is 0.00000242. The molecule has 1 saturated carbocycles. The molecule has 1 fully saturated rings. The Bertz CT molecular complexity index is 508. The molecule has 1 aliphatic carbocycles. The van der Waals surface area contributed by atoms with Gasteiger partial charge in [0.25, 0.3) is 0 Å². The standard InChI is InChI=1S/C15H19F3N2O.ClH/c16-15(17,18)11-5-3-4-10(8-11)12-9-13(12)14(21)20-7-2-1-6-19;/h3-5,8,12-13H,1-2,6-7,9,19H2,(H,20,21);1H. The number of alkyl halides is 3. The van der Waals surface area contributed by atoms with Gasteiger partial charge in [-0.3, -0.25) is 4.79 Å². The maximum atomic E-state index is 12.7. The molecule has 1 aromatic carbocycles. The highest BCUT2D eigenvalue weighted by atomic mass is 35.5. The third-order valence-electron chi connectivity index (χ3n) is 3.70. The van der Waals surface area contributed by atoms with Crippen molar-refractivity contribution in [1.29, 1.82) is 0 Å². The molecule has 0 spiro atoms. The molecule has 124 valence electrons. The summed E-state index contributed by atoms with van der Waals surface area (Å²) in [6.07, 6.45) is -2.06. The Labute approximate surface area is 133 Å². The lowest BCUT2D eigenvalue weighted by atomic mass is 10.1. The highest BCUT2D eigenvalue weighted by Crippen LogP contribution is 2.48. The molecule has 0 radical (unpaired) electrons. The number of rotatable bonds is 6.